The van der Waals surface area contributed by atoms with E-state index < -0.39 is 11.5 Å². The van der Waals surface area contributed by atoms with E-state index in [1.807, 2.05) is 48.0 Å². The minimum atomic E-state index is -0.428. The average molecular weight is 306 g/mol. The Bertz CT molecular complexity index is 509. The van der Waals surface area contributed by atoms with Gasteiger partial charge in [-0.15, -0.1) is 0 Å². The molecule has 0 aliphatic rings. The summed E-state index contributed by atoms with van der Waals surface area (Å²) in [5, 5.41) is 0. The van der Waals surface area contributed by atoms with Crippen LogP contribution in [0, 0.1) is 5.41 Å². The fraction of sp³-hybridized carbons (Fsp3) is 0.556. The lowest BCUT2D eigenvalue weighted by Gasteiger charge is -2.30. The van der Waals surface area contributed by atoms with Crippen LogP contribution < -0.4 is 0 Å². The summed E-state index contributed by atoms with van der Waals surface area (Å²) in [6.07, 6.45) is -0.170. The highest BCUT2D eigenvalue weighted by Crippen LogP contribution is 2.20. The molecule has 0 saturated heterocycles. The van der Waals surface area contributed by atoms with Crippen LogP contribution in [0.5, 0.6) is 0 Å². The number of quaternary nitrogens is 1. The number of likely N-dealkylation sites (N-methyl/N-ethyl adjacent to an activating group) is 1. The zero-order chi connectivity index (χ0) is 17.0. The second-order valence-corrected chi connectivity index (χ2v) is 7.74. The van der Waals surface area contributed by atoms with Crippen molar-refractivity contribution in [3.63, 3.8) is 0 Å². The standard InChI is InChI=1S/C18H28NO3/c1-18(2,3)16(20)12-15(13-19(4,5)6)22-17(21)14-10-8-7-9-11-14/h7-11,15H,12-13H2,1-6H3/q+1. The molecule has 0 aliphatic carbocycles. The number of Topliss-reactive ketones (excluding diaryl/α,β-unsaturated/α-hetero) is 1. The third-order valence-corrected chi connectivity index (χ3v) is 3.28. The molecule has 0 fully saturated rings. The SMILES string of the molecule is CC(C)(C)C(=O)CC(C[N+](C)(C)C)OC(=O)c1ccccc1. The fourth-order valence-corrected chi connectivity index (χ4v) is 2.06. The van der Waals surface area contributed by atoms with Crippen LogP contribution in [-0.4, -0.2) is 50.0 Å². The van der Waals surface area contributed by atoms with Crippen LogP contribution >= 0.6 is 0 Å². The zero-order valence-corrected chi connectivity index (χ0v) is 14.6. The fourth-order valence-electron chi connectivity index (χ4n) is 2.06. The van der Waals surface area contributed by atoms with Crippen LogP contribution in [0.2, 0.25) is 0 Å². The lowest BCUT2D eigenvalue weighted by Crippen LogP contribution is -2.44. The molecule has 0 amide bonds. The summed E-state index contributed by atoms with van der Waals surface area (Å²) in [6, 6.07) is 8.88. The van der Waals surface area contributed by atoms with E-state index in [0.717, 1.165) is 0 Å². The maximum absolute atomic E-state index is 12.3. The number of carbonyl (C=O) groups excluding carboxylic acids is 2. The van der Waals surface area contributed by atoms with E-state index in [-0.39, 0.29) is 18.2 Å². The van der Waals surface area contributed by atoms with Gasteiger partial charge in [0.25, 0.3) is 0 Å². The number of nitrogens with zero attached hydrogens (tertiary/aromatic N) is 1. The Morgan fingerprint density at radius 3 is 2.09 bits per heavy atom. The van der Waals surface area contributed by atoms with E-state index in [4.69, 9.17) is 4.74 Å². The quantitative estimate of drug-likeness (QED) is 0.599. The minimum absolute atomic E-state index is 0.104. The lowest BCUT2D eigenvalue weighted by atomic mass is 9.87. The topological polar surface area (TPSA) is 43.4 Å². The molecule has 22 heavy (non-hydrogen) atoms. The first kappa shape index (κ1) is 18.4. The minimum Gasteiger partial charge on any atom is -0.452 e. The van der Waals surface area contributed by atoms with Crippen LogP contribution in [-0.2, 0) is 9.53 Å². The van der Waals surface area contributed by atoms with Crippen LogP contribution in [0.15, 0.2) is 30.3 Å². The molecule has 0 saturated carbocycles. The normalized spacial score (nSPS) is 13.5. The highest BCUT2D eigenvalue weighted by atomic mass is 16.5. The van der Waals surface area contributed by atoms with Gasteiger partial charge in [-0.05, 0) is 12.1 Å². The van der Waals surface area contributed by atoms with Crippen molar-refractivity contribution < 1.29 is 18.8 Å². The van der Waals surface area contributed by atoms with Crippen LogP contribution in [0.25, 0.3) is 0 Å². The number of carbonyl (C=O) groups is 2. The summed E-state index contributed by atoms with van der Waals surface area (Å²) in [7, 11) is 6.06. The van der Waals surface area contributed by atoms with Crippen LogP contribution in [0.3, 0.4) is 0 Å². The molecule has 0 N–H and O–H groups in total. The van der Waals surface area contributed by atoms with Crippen LogP contribution in [0.4, 0.5) is 0 Å². The van der Waals surface area contributed by atoms with Crippen molar-refractivity contribution in [2.45, 2.75) is 33.3 Å². The van der Waals surface area contributed by atoms with E-state index in [1.165, 1.54) is 0 Å². The molecule has 0 radical (unpaired) electrons. The summed E-state index contributed by atoms with van der Waals surface area (Å²) in [5.41, 5.74) is 0.0829. The van der Waals surface area contributed by atoms with Crippen molar-refractivity contribution in [3.05, 3.63) is 35.9 Å². The Kier molecular flexibility index (Phi) is 5.89. The third kappa shape index (κ3) is 6.39. The molecule has 1 aromatic carbocycles. The highest BCUT2D eigenvalue weighted by molar-refractivity contribution is 5.90. The largest absolute Gasteiger partial charge is 0.452 e. The van der Waals surface area contributed by atoms with Gasteiger partial charge in [0, 0.05) is 11.8 Å². The summed E-state index contributed by atoms with van der Waals surface area (Å²) >= 11 is 0. The molecule has 0 aromatic heterocycles. The van der Waals surface area contributed by atoms with Crippen molar-refractivity contribution >= 4 is 11.8 Å². The number of hydrogen-bond acceptors (Lipinski definition) is 3. The molecule has 1 rings (SSSR count). The van der Waals surface area contributed by atoms with Crippen molar-refractivity contribution in [2.24, 2.45) is 5.41 Å². The Hall–Kier alpha value is -1.68. The molecule has 0 heterocycles. The predicted octanol–water partition coefficient (Wildman–Crippen LogP) is 2.92. The number of ketones is 1. The van der Waals surface area contributed by atoms with Crippen LogP contribution in [0.1, 0.15) is 37.6 Å². The van der Waals surface area contributed by atoms with E-state index in [9.17, 15) is 9.59 Å². The van der Waals surface area contributed by atoms with Gasteiger partial charge in [0.1, 0.15) is 12.3 Å². The molecule has 1 atom stereocenters. The predicted molar refractivity (Wildman–Crippen MR) is 87.6 cm³/mol. The second kappa shape index (κ2) is 7.05. The van der Waals surface area contributed by atoms with Crippen molar-refractivity contribution in [3.8, 4) is 0 Å². The van der Waals surface area contributed by atoms with Gasteiger partial charge in [-0.25, -0.2) is 4.79 Å². The molecule has 1 unspecified atom stereocenters. The summed E-state index contributed by atoms with van der Waals surface area (Å²) in [4.78, 5) is 24.5. The number of ether oxygens (including phenoxy) is 1. The maximum Gasteiger partial charge on any atom is 0.338 e. The number of esters is 1. The van der Waals surface area contributed by atoms with E-state index >= 15 is 0 Å². The first-order chi connectivity index (χ1) is 9.99. The number of benzene rings is 1. The summed E-state index contributed by atoms with van der Waals surface area (Å²) in [5.74, 6) is -0.271. The smallest absolute Gasteiger partial charge is 0.338 e. The van der Waals surface area contributed by atoms with Gasteiger partial charge in [-0.1, -0.05) is 39.0 Å². The van der Waals surface area contributed by atoms with Crippen molar-refractivity contribution in [2.75, 3.05) is 27.7 Å². The molecular weight excluding hydrogens is 278 g/mol. The average Bonchev–Trinajstić information content (AvgIpc) is 2.36. The van der Waals surface area contributed by atoms with Gasteiger partial charge < -0.3 is 9.22 Å². The van der Waals surface area contributed by atoms with Crippen molar-refractivity contribution in [1.29, 1.82) is 0 Å². The highest BCUT2D eigenvalue weighted by Gasteiger charge is 2.30. The molecule has 4 nitrogen and oxygen atoms in total. The summed E-state index contributed by atoms with van der Waals surface area (Å²) < 4.78 is 6.23. The van der Waals surface area contributed by atoms with Gasteiger partial charge in [0.2, 0.25) is 0 Å². The Balaban J connectivity index is 2.82. The molecule has 1 aromatic rings. The van der Waals surface area contributed by atoms with Gasteiger partial charge in [-0.3, -0.25) is 4.79 Å². The van der Waals surface area contributed by atoms with E-state index in [1.54, 1.807) is 24.3 Å². The molecule has 0 bridgehead atoms. The van der Waals surface area contributed by atoms with Gasteiger partial charge in [-0.2, -0.15) is 0 Å². The Morgan fingerprint density at radius 1 is 1.09 bits per heavy atom. The number of rotatable bonds is 6. The Labute approximate surface area is 133 Å². The second-order valence-electron chi connectivity index (χ2n) is 7.74. The van der Waals surface area contributed by atoms with Crippen molar-refractivity contribution in [1.82, 2.24) is 0 Å². The zero-order valence-electron chi connectivity index (χ0n) is 14.6. The molecule has 122 valence electrons. The third-order valence-electron chi connectivity index (χ3n) is 3.28. The monoisotopic (exact) mass is 306 g/mol. The number of hydrogen-bond donors (Lipinski definition) is 0. The lowest BCUT2D eigenvalue weighted by molar-refractivity contribution is -0.873. The molecule has 4 heteroatoms. The molecular formula is C18H28NO3+. The van der Waals surface area contributed by atoms with Gasteiger partial charge in [0.05, 0.1) is 26.7 Å². The van der Waals surface area contributed by atoms with E-state index in [2.05, 4.69) is 0 Å². The molecule has 0 aliphatic heterocycles. The maximum atomic E-state index is 12.3. The van der Waals surface area contributed by atoms with E-state index in [0.29, 0.717) is 16.6 Å². The first-order valence-corrected chi connectivity index (χ1v) is 7.59. The van der Waals surface area contributed by atoms with Gasteiger partial charge >= 0.3 is 5.97 Å². The molecule has 0 spiro atoms. The first-order valence-electron chi connectivity index (χ1n) is 7.59. The summed E-state index contributed by atoms with van der Waals surface area (Å²) in [6.45, 7) is 6.26. The Morgan fingerprint density at radius 2 is 1.64 bits per heavy atom. The van der Waals surface area contributed by atoms with Gasteiger partial charge in [0.15, 0.2) is 6.10 Å².